The van der Waals surface area contributed by atoms with Gasteiger partial charge in [0.1, 0.15) is 0 Å². The van der Waals surface area contributed by atoms with Crippen LogP contribution in [0.2, 0.25) is 0 Å². The van der Waals surface area contributed by atoms with Crippen LogP contribution < -0.4 is 0 Å². The molecule has 0 aliphatic rings. The van der Waals surface area contributed by atoms with Crippen molar-refractivity contribution >= 4 is 110 Å². The van der Waals surface area contributed by atoms with Crippen LogP contribution in [-0.4, -0.2) is 14.5 Å². The van der Waals surface area contributed by atoms with Gasteiger partial charge in [-0.1, -0.05) is 30.3 Å². The second-order valence-electron chi connectivity index (χ2n) is 17.0. The normalized spacial score (nSPS) is 12.1. The van der Waals surface area contributed by atoms with Gasteiger partial charge in [0, 0.05) is 5.39 Å². The third kappa shape index (κ3) is 5.13. The standard InChI is InChI=1S/C62H36OSe/c1-2-17-38(18-3-1)56-41-20-6-10-24-45(41)58(46-25-11-7-21-42(46)56)50-28-14-30-54-60(50)61-51(29-15-31-55(61)64-54)59-47-26-12-8-22-43(47)57(44-23-9-13-27-48(44)59)39-33-35-53-52(36-39)49-34-32-37-16-4-5-19-40(37)62(49)63-53/h1-36H. The number of fused-ring (bicyclic) bond motifs is 12. The summed E-state index contributed by atoms with van der Waals surface area (Å²) in [7, 11) is 0. The van der Waals surface area contributed by atoms with Crippen LogP contribution in [0, 0.1) is 0 Å². The van der Waals surface area contributed by atoms with Gasteiger partial charge >= 0.3 is 336 Å². The van der Waals surface area contributed by atoms with Crippen molar-refractivity contribution in [3.63, 3.8) is 0 Å². The molecule has 0 bridgehead atoms. The predicted molar refractivity (Wildman–Crippen MR) is 275 cm³/mol. The average Bonchev–Trinajstić information content (AvgIpc) is 3.94. The average molecular weight is 876 g/mol. The molecule has 0 spiro atoms. The van der Waals surface area contributed by atoms with Crippen LogP contribution in [0.4, 0.5) is 0 Å². The molecule has 0 amide bonds. The van der Waals surface area contributed by atoms with E-state index >= 15 is 0 Å². The Balaban J connectivity index is 1.06. The van der Waals surface area contributed by atoms with Crippen molar-refractivity contribution in [2.45, 2.75) is 0 Å². The zero-order valence-corrected chi connectivity index (χ0v) is 36.3. The van der Waals surface area contributed by atoms with E-state index in [1.165, 1.54) is 112 Å². The van der Waals surface area contributed by atoms with E-state index in [4.69, 9.17) is 4.42 Å². The van der Waals surface area contributed by atoms with Crippen molar-refractivity contribution in [3.8, 4) is 44.5 Å². The molecule has 2 aromatic heterocycles. The van der Waals surface area contributed by atoms with Gasteiger partial charge in [-0.3, -0.25) is 0 Å². The third-order valence-corrected chi connectivity index (χ3v) is 16.0. The third-order valence-electron chi connectivity index (χ3n) is 13.6. The summed E-state index contributed by atoms with van der Waals surface area (Å²) in [6.07, 6.45) is 0. The molecule has 2 heteroatoms. The summed E-state index contributed by atoms with van der Waals surface area (Å²) in [5.74, 6) is 0. The second-order valence-corrected chi connectivity index (χ2v) is 19.3. The van der Waals surface area contributed by atoms with Gasteiger partial charge in [0.05, 0.1) is 0 Å². The molecule has 0 atom stereocenters. The molecule has 0 saturated heterocycles. The number of benzene rings is 12. The van der Waals surface area contributed by atoms with Crippen LogP contribution >= 0.6 is 0 Å². The Hall–Kier alpha value is -7.74. The number of rotatable bonds is 4. The molecule has 2 heterocycles. The van der Waals surface area contributed by atoms with Crippen molar-refractivity contribution in [3.05, 3.63) is 218 Å². The maximum atomic E-state index is 6.60. The van der Waals surface area contributed by atoms with Gasteiger partial charge in [-0.25, -0.2) is 0 Å². The molecule has 12 aromatic carbocycles. The molecule has 0 aliphatic heterocycles. The van der Waals surface area contributed by atoms with Gasteiger partial charge in [0.25, 0.3) is 0 Å². The molecule has 0 aliphatic carbocycles. The molecule has 14 aromatic rings. The number of furan rings is 1. The molecule has 0 unspecified atom stereocenters. The van der Waals surface area contributed by atoms with Gasteiger partial charge in [-0.15, -0.1) is 0 Å². The van der Waals surface area contributed by atoms with Gasteiger partial charge in [0.2, 0.25) is 0 Å². The minimum absolute atomic E-state index is 0.145. The van der Waals surface area contributed by atoms with E-state index in [2.05, 4.69) is 218 Å². The second kappa shape index (κ2) is 13.9. The van der Waals surface area contributed by atoms with Crippen molar-refractivity contribution in [1.29, 1.82) is 0 Å². The molecular formula is C62H36OSe. The maximum absolute atomic E-state index is 6.60. The first-order valence-corrected chi connectivity index (χ1v) is 23.7. The first-order valence-electron chi connectivity index (χ1n) is 22.0. The van der Waals surface area contributed by atoms with Crippen molar-refractivity contribution in [1.82, 2.24) is 0 Å². The van der Waals surface area contributed by atoms with E-state index in [0.29, 0.717) is 0 Å². The Morgan fingerprint density at radius 1 is 0.281 bits per heavy atom. The van der Waals surface area contributed by atoms with Crippen molar-refractivity contribution in [2.24, 2.45) is 0 Å². The monoisotopic (exact) mass is 876 g/mol. The zero-order valence-electron chi connectivity index (χ0n) is 34.6. The Morgan fingerprint density at radius 2 is 0.734 bits per heavy atom. The molecule has 64 heavy (non-hydrogen) atoms. The Morgan fingerprint density at radius 3 is 1.27 bits per heavy atom. The van der Waals surface area contributed by atoms with E-state index in [1.54, 1.807) is 0 Å². The summed E-state index contributed by atoms with van der Waals surface area (Å²) in [6.45, 7) is 0. The van der Waals surface area contributed by atoms with Crippen molar-refractivity contribution < 1.29 is 4.42 Å². The van der Waals surface area contributed by atoms with Crippen LogP contribution in [0.15, 0.2) is 223 Å². The summed E-state index contributed by atoms with van der Waals surface area (Å²) < 4.78 is 9.47. The van der Waals surface area contributed by atoms with E-state index in [9.17, 15) is 0 Å². The summed E-state index contributed by atoms with van der Waals surface area (Å²) in [5.41, 5.74) is 12.0. The van der Waals surface area contributed by atoms with Crippen LogP contribution in [0.25, 0.3) is 140 Å². The van der Waals surface area contributed by atoms with E-state index in [0.717, 1.165) is 27.3 Å². The zero-order chi connectivity index (χ0) is 41.9. The number of hydrogen-bond donors (Lipinski definition) is 0. The van der Waals surface area contributed by atoms with E-state index in [-0.39, 0.29) is 14.5 Å². The molecule has 0 N–H and O–H groups in total. The Kier molecular flexibility index (Phi) is 7.77. The van der Waals surface area contributed by atoms with Gasteiger partial charge < -0.3 is 0 Å². The van der Waals surface area contributed by atoms with Gasteiger partial charge in [0.15, 0.2) is 0 Å². The summed E-state index contributed by atoms with van der Waals surface area (Å²) in [4.78, 5) is 0. The van der Waals surface area contributed by atoms with Crippen LogP contribution in [0.3, 0.4) is 0 Å². The summed E-state index contributed by atoms with van der Waals surface area (Å²) in [6, 6.07) is 81.0. The topological polar surface area (TPSA) is 13.1 Å². The van der Waals surface area contributed by atoms with E-state index in [1.807, 2.05) is 0 Å². The van der Waals surface area contributed by atoms with E-state index < -0.39 is 0 Å². The fourth-order valence-electron chi connectivity index (χ4n) is 11.0. The summed E-state index contributed by atoms with van der Waals surface area (Å²) in [5, 5.41) is 17.5. The fourth-order valence-corrected chi connectivity index (χ4v) is 13.4. The first-order chi connectivity index (χ1) is 31.8. The van der Waals surface area contributed by atoms with Crippen LogP contribution in [-0.2, 0) is 0 Å². The molecule has 0 radical (unpaired) electrons. The summed E-state index contributed by atoms with van der Waals surface area (Å²) >= 11 is 0.145. The Bertz CT molecular complexity index is 4130. The minimum atomic E-state index is 0.145. The SMILES string of the molecule is c1ccc(-c2c3ccccc3c(-c3cccc4[se]c5cccc(-c6c7ccccc7c(-c7ccc8oc9c%10ccccc%10ccc9c8c7)c7ccccc67)c5c34)c3ccccc23)cc1. The molecule has 0 saturated carbocycles. The van der Waals surface area contributed by atoms with Crippen molar-refractivity contribution in [2.75, 3.05) is 0 Å². The van der Waals surface area contributed by atoms with Crippen LogP contribution in [0.1, 0.15) is 0 Å². The molecule has 1 nitrogen and oxygen atoms in total. The van der Waals surface area contributed by atoms with Gasteiger partial charge in [-0.2, -0.15) is 0 Å². The molecule has 296 valence electrons. The molecule has 14 rings (SSSR count). The first kappa shape index (κ1) is 35.8. The Labute approximate surface area is 374 Å². The fraction of sp³-hybridized carbons (Fsp3) is 0. The molecular weight excluding hydrogens is 840 g/mol. The van der Waals surface area contributed by atoms with Crippen LogP contribution in [0.5, 0.6) is 0 Å². The predicted octanol–water partition coefficient (Wildman–Crippen LogP) is 17.4. The molecule has 0 fully saturated rings. The number of hydrogen-bond acceptors (Lipinski definition) is 1. The quantitative estimate of drug-likeness (QED) is 0.127. The van der Waals surface area contributed by atoms with Gasteiger partial charge in [-0.05, 0) is 5.39 Å².